The number of nitrogens with one attached hydrogen (secondary N) is 1. The van der Waals surface area contributed by atoms with Crippen molar-refractivity contribution < 1.29 is 0 Å². The molecule has 0 spiro atoms. The number of benzene rings is 2. The molecule has 1 aliphatic rings. The van der Waals surface area contributed by atoms with Gasteiger partial charge in [0.2, 0.25) is 0 Å². The molecule has 5 nitrogen and oxygen atoms in total. The van der Waals surface area contributed by atoms with Crippen LogP contribution < -0.4 is 11.1 Å². The van der Waals surface area contributed by atoms with Crippen LogP contribution in [0.25, 0.3) is 16.7 Å². The van der Waals surface area contributed by atoms with Crippen LogP contribution in [0.15, 0.2) is 104 Å². The molecule has 0 atom stereocenters. The van der Waals surface area contributed by atoms with Gasteiger partial charge in [0.1, 0.15) is 0 Å². The van der Waals surface area contributed by atoms with Crippen LogP contribution in [-0.4, -0.2) is 28.0 Å². The van der Waals surface area contributed by atoms with Gasteiger partial charge in [-0.3, -0.25) is 14.9 Å². The Balaban J connectivity index is 1.31. The highest BCUT2D eigenvalue weighted by atomic mass is 15.2. The molecule has 5 heteroatoms. The van der Waals surface area contributed by atoms with Crippen LogP contribution in [0.4, 0.5) is 11.4 Å². The number of aromatic nitrogens is 2. The molecule has 2 aromatic heterocycles. The van der Waals surface area contributed by atoms with E-state index in [1.165, 1.54) is 17.5 Å². The minimum absolute atomic E-state index is 0.660. The molecule has 0 bridgehead atoms. The molecule has 3 heterocycles. The number of nitrogen functional groups attached to an aromatic ring is 1. The zero-order valence-corrected chi connectivity index (χ0v) is 20.5. The van der Waals surface area contributed by atoms with Crippen LogP contribution in [0.3, 0.4) is 0 Å². The summed E-state index contributed by atoms with van der Waals surface area (Å²) in [4.78, 5) is 11.3. The minimum Gasteiger partial charge on any atom is -0.398 e. The zero-order chi connectivity index (χ0) is 24.9. The van der Waals surface area contributed by atoms with Gasteiger partial charge in [-0.2, -0.15) is 0 Å². The van der Waals surface area contributed by atoms with Gasteiger partial charge in [-0.1, -0.05) is 49.6 Å². The standard InChI is InChI=1S/C31H31N5/c1-22(23(2)35-29-15-25(17-34-20-29)13-24-7-4-3-5-8-24)30-16-27(9-10-31(30)32)28-14-26(18-33-19-28)21-36-11-6-12-36/h3-5,7-10,14-20,35H,1-2,6,11-13,21,32H2. The van der Waals surface area contributed by atoms with Gasteiger partial charge in [-0.25, -0.2) is 0 Å². The number of nitrogens with two attached hydrogens (primary N) is 1. The van der Waals surface area contributed by atoms with E-state index in [-0.39, 0.29) is 0 Å². The van der Waals surface area contributed by atoms with Gasteiger partial charge < -0.3 is 11.1 Å². The highest BCUT2D eigenvalue weighted by molar-refractivity contribution is 5.87. The van der Waals surface area contributed by atoms with Gasteiger partial charge in [0.05, 0.1) is 11.9 Å². The Morgan fingerprint density at radius 1 is 0.833 bits per heavy atom. The van der Waals surface area contributed by atoms with Crippen molar-refractivity contribution in [2.75, 3.05) is 24.1 Å². The molecule has 2 aromatic carbocycles. The average Bonchev–Trinajstić information content (AvgIpc) is 2.87. The summed E-state index contributed by atoms with van der Waals surface area (Å²) in [5.74, 6) is 0. The molecule has 4 aromatic rings. The van der Waals surface area contributed by atoms with Crippen LogP contribution >= 0.6 is 0 Å². The lowest BCUT2D eigenvalue weighted by molar-refractivity contribution is 0.172. The van der Waals surface area contributed by atoms with Gasteiger partial charge in [0.25, 0.3) is 0 Å². The van der Waals surface area contributed by atoms with Crippen molar-refractivity contribution in [1.82, 2.24) is 14.9 Å². The number of rotatable bonds is 9. The Hall–Kier alpha value is -4.22. The van der Waals surface area contributed by atoms with E-state index in [1.807, 2.05) is 48.9 Å². The number of hydrogen-bond acceptors (Lipinski definition) is 5. The second-order valence-corrected chi connectivity index (χ2v) is 9.34. The first kappa shape index (κ1) is 23.5. The first-order valence-electron chi connectivity index (χ1n) is 12.2. The van der Waals surface area contributed by atoms with Crippen molar-refractivity contribution in [2.24, 2.45) is 0 Å². The fourth-order valence-corrected chi connectivity index (χ4v) is 4.42. The molecule has 180 valence electrons. The maximum Gasteiger partial charge on any atom is 0.0573 e. The molecule has 0 radical (unpaired) electrons. The Morgan fingerprint density at radius 3 is 2.39 bits per heavy atom. The van der Waals surface area contributed by atoms with E-state index in [4.69, 9.17) is 5.73 Å². The summed E-state index contributed by atoms with van der Waals surface area (Å²) in [6.45, 7) is 11.8. The van der Waals surface area contributed by atoms with Crippen molar-refractivity contribution in [3.63, 3.8) is 0 Å². The molecule has 0 amide bonds. The van der Waals surface area contributed by atoms with Crippen LogP contribution in [0.2, 0.25) is 0 Å². The van der Waals surface area contributed by atoms with E-state index in [0.717, 1.165) is 59.6 Å². The van der Waals surface area contributed by atoms with Crippen molar-refractivity contribution in [1.29, 1.82) is 0 Å². The molecule has 36 heavy (non-hydrogen) atoms. The van der Waals surface area contributed by atoms with E-state index >= 15 is 0 Å². The van der Waals surface area contributed by atoms with E-state index in [0.29, 0.717) is 11.4 Å². The third-order valence-corrected chi connectivity index (χ3v) is 6.57. The fraction of sp³-hybridized carbons (Fsp3) is 0.161. The molecule has 1 fully saturated rings. The molecule has 1 saturated heterocycles. The van der Waals surface area contributed by atoms with Crippen molar-refractivity contribution >= 4 is 16.9 Å². The average molecular weight is 474 g/mol. The van der Waals surface area contributed by atoms with Crippen LogP contribution in [0.5, 0.6) is 0 Å². The quantitative estimate of drug-likeness (QED) is 0.225. The monoisotopic (exact) mass is 473 g/mol. The van der Waals surface area contributed by atoms with Crippen LogP contribution in [0.1, 0.15) is 28.7 Å². The number of nitrogens with zero attached hydrogens (tertiary/aromatic N) is 3. The summed E-state index contributed by atoms with van der Waals surface area (Å²) in [6.07, 6.45) is 9.63. The van der Waals surface area contributed by atoms with E-state index in [1.54, 1.807) is 6.20 Å². The number of anilines is 2. The summed E-state index contributed by atoms with van der Waals surface area (Å²) >= 11 is 0. The molecule has 0 unspecified atom stereocenters. The molecule has 0 saturated carbocycles. The maximum absolute atomic E-state index is 6.37. The normalized spacial score (nSPS) is 13.1. The number of hydrogen-bond donors (Lipinski definition) is 2. The Bertz CT molecular complexity index is 1390. The Kier molecular flexibility index (Phi) is 6.92. The van der Waals surface area contributed by atoms with Crippen molar-refractivity contribution in [2.45, 2.75) is 19.4 Å². The largest absolute Gasteiger partial charge is 0.398 e. The first-order valence-corrected chi connectivity index (χ1v) is 12.2. The number of allylic oxidation sites excluding steroid dienone is 1. The molecular weight excluding hydrogens is 442 g/mol. The first-order chi connectivity index (χ1) is 17.5. The molecule has 5 rings (SSSR count). The lowest BCUT2D eigenvalue weighted by Crippen LogP contribution is -2.36. The third-order valence-electron chi connectivity index (χ3n) is 6.57. The second-order valence-electron chi connectivity index (χ2n) is 9.34. The lowest BCUT2D eigenvalue weighted by atomic mass is 9.97. The Labute approximate surface area is 213 Å². The SMILES string of the molecule is C=C(Nc1cncc(Cc2ccccc2)c1)C(=C)c1cc(-c2cncc(CN3CCC3)c2)ccc1N. The van der Waals surface area contributed by atoms with Gasteiger partial charge in [-0.05, 0) is 78.0 Å². The lowest BCUT2D eigenvalue weighted by Gasteiger charge is -2.30. The van der Waals surface area contributed by atoms with Crippen LogP contribution in [0, 0.1) is 0 Å². The smallest absolute Gasteiger partial charge is 0.0573 e. The van der Waals surface area contributed by atoms with Gasteiger partial charge in [-0.15, -0.1) is 0 Å². The molecular formula is C31H31N5. The summed E-state index contributed by atoms with van der Waals surface area (Å²) in [5, 5.41) is 3.37. The molecule has 3 N–H and O–H groups in total. The topological polar surface area (TPSA) is 67.1 Å². The fourth-order valence-electron chi connectivity index (χ4n) is 4.42. The van der Waals surface area contributed by atoms with Crippen LogP contribution in [-0.2, 0) is 13.0 Å². The summed E-state index contributed by atoms with van der Waals surface area (Å²) < 4.78 is 0. The zero-order valence-electron chi connectivity index (χ0n) is 20.5. The van der Waals surface area contributed by atoms with Crippen molar-refractivity contribution in [3.8, 4) is 11.1 Å². The third kappa shape index (κ3) is 5.53. The summed E-state index contributed by atoms with van der Waals surface area (Å²) in [6, 6.07) is 20.7. The molecule has 0 aliphatic carbocycles. The maximum atomic E-state index is 6.37. The van der Waals surface area contributed by atoms with E-state index in [2.05, 4.69) is 63.7 Å². The minimum atomic E-state index is 0.660. The Morgan fingerprint density at radius 2 is 1.61 bits per heavy atom. The highest BCUT2D eigenvalue weighted by Crippen LogP contribution is 2.31. The predicted molar refractivity (Wildman–Crippen MR) is 149 cm³/mol. The summed E-state index contributed by atoms with van der Waals surface area (Å²) in [5.41, 5.74) is 15.9. The number of likely N-dealkylation sites (tertiary alicyclic amines) is 1. The van der Waals surface area contributed by atoms with E-state index in [9.17, 15) is 0 Å². The van der Waals surface area contributed by atoms with Crippen molar-refractivity contribution in [3.05, 3.63) is 127 Å². The summed E-state index contributed by atoms with van der Waals surface area (Å²) in [7, 11) is 0. The van der Waals surface area contributed by atoms with E-state index < -0.39 is 0 Å². The van der Waals surface area contributed by atoms with Gasteiger partial charge in [0, 0.05) is 47.6 Å². The van der Waals surface area contributed by atoms with Gasteiger partial charge >= 0.3 is 0 Å². The molecule has 1 aliphatic heterocycles. The highest BCUT2D eigenvalue weighted by Gasteiger charge is 2.15. The predicted octanol–water partition coefficient (Wildman–Crippen LogP) is 6.16. The second kappa shape index (κ2) is 10.6. The van der Waals surface area contributed by atoms with Gasteiger partial charge in [0.15, 0.2) is 0 Å². The number of pyridine rings is 2.